The standard InChI is InChI=1S/C10H11NO3.C6H6O/c1-2-9(12)11-14-10(13)8-6-4-3-5-7-8;7-6-4-2-1-3-5-6/h3-7H,2H2,1H3,(H,11,12);1-5,7H. The lowest BCUT2D eigenvalue weighted by Crippen LogP contribution is -2.26. The number of para-hydroxylation sites is 1. The Bertz CT molecular complexity index is 555. The van der Waals surface area contributed by atoms with Crippen molar-refractivity contribution in [1.82, 2.24) is 5.48 Å². The van der Waals surface area contributed by atoms with Gasteiger partial charge in [0, 0.05) is 6.42 Å². The molecular formula is C16H17NO4. The van der Waals surface area contributed by atoms with Crippen molar-refractivity contribution in [1.29, 1.82) is 0 Å². The van der Waals surface area contributed by atoms with E-state index in [0.717, 1.165) is 0 Å². The second kappa shape index (κ2) is 9.14. The maximum atomic E-state index is 11.2. The minimum atomic E-state index is -0.563. The molecule has 0 radical (unpaired) electrons. The predicted molar refractivity (Wildman–Crippen MR) is 78.4 cm³/mol. The van der Waals surface area contributed by atoms with Gasteiger partial charge in [0.1, 0.15) is 5.75 Å². The fraction of sp³-hybridized carbons (Fsp3) is 0.125. The fourth-order valence-electron chi connectivity index (χ4n) is 1.24. The van der Waals surface area contributed by atoms with Crippen LogP contribution in [0.1, 0.15) is 23.7 Å². The van der Waals surface area contributed by atoms with Crippen LogP contribution in [0, 0.1) is 0 Å². The normalized spacial score (nSPS) is 9.00. The van der Waals surface area contributed by atoms with Crippen LogP contribution in [0.15, 0.2) is 60.7 Å². The second-order valence-corrected chi connectivity index (χ2v) is 3.97. The van der Waals surface area contributed by atoms with Crippen molar-refractivity contribution in [3.63, 3.8) is 0 Å². The first-order valence-corrected chi connectivity index (χ1v) is 6.42. The van der Waals surface area contributed by atoms with Crippen molar-refractivity contribution >= 4 is 11.9 Å². The van der Waals surface area contributed by atoms with Crippen LogP contribution < -0.4 is 5.48 Å². The molecule has 21 heavy (non-hydrogen) atoms. The Kier molecular flexibility index (Phi) is 7.07. The van der Waals surface area contributed by atoms with E-state index in [1.165, 1.54) is 0 Å². The van der Waals surface area contributed by atoms with Gasteiger partial charge in [0.05, 0.1) is 5.56 Å². The highest BCUT2D eigenvalue weighted by atomic mass is 16.7. The summed E-state index contributed by atoms with van der Waals surface area (Å²) < 4.78 is 0. The lowest BCUT2D eigenvalue weighted by Gasteiger charge is -2.03. The van der Waals surface area contributed by atoms with Crippen molar-refractivity contribution in [3.05, 3.63) is 66.2 Å². The number of aromatic hydroxyl groups is 1. The van der Waals surface area contributed by atoms with E-state index >= 15 is 0 Å². The first kappa shape index (κ1) is 16.2. The van der Waals surface area contributed by atoms with Gasteiger partial charge in [0.2, 0.25) is 0 Å². The number of phenolic OH excluding ortho intramolecular Hbond substituents is 1. The third kappa shape index (κ3) is 6.77. The minimum Gasteiger partial charge on any atom is -0.508 e. The molecule has 2 aromatic rings. The maximum Gasteiger partial charge on any atom is 0.362 e. The molecule has 1 amide bonds. The molecule has 5 heteroatoms. The van der Waals surface area contributed by atoms with Crippen molar-refractivity contribution < 1.29 is 19.5 Å². The molecule has 0 saturated carbocycles. The van der Waals surface area contributed by atoms with Crippen LogP contribution in [0.5, 0.6) is 5.75 Å². The molecule has 0 heterocycles. The molecule has 0 aromatic heterocycles. The van der Waals surface area contributed by atoms with Gasteiger partial charge >= 0.3 is 5.97 Å². The van der Waals surface area contributed by atoms with Gasteiger partial charge in [-0.05, 0) is 24.3 Å². The van der Waals surface area contributed by atoms with Crippen LogP contribution in [-0.2, 0) is 9.63 Å². The zero-order valence-electron chi connectivity index (χ0n) is 11.7. The number of carbonyl (C=O) groups excluding carboxylic acids is 2. The molecule has 110 valence electrons. The first-order valence-electron chi connectivity index (χ1n) is 6.42. The second-order valence-electron chi connectivity index (χ2n) is 3.97. The summed E-state index contributed by atoms with van der Waals surface area (Å²) in [5, 5.41) is 8.63. The summed E-state index contributed by atoms with van der Waals surface area (Å²) in [7, 11) is 0. The number of carbonyl (C=O) groups is 2. The van der Waals surface area contributed by atoms with Gasteiger partial charge in [-0.25, -0.2) is 4.79 Å². The van der Waals surface area contributed by atoms with E-state index in [1.54, 1.807) is 61.5 Å². The molecule has 0 aliphatic heterocycles. The van der Waals surface area contributed by atoms with E-state index < -0.39 is 5.97 Å². The predicted octanol–water partition coefficient (Wildman–Crippen LogP) is 2.68. The summed E-state index contributed by atoms with van der Waals surface area (Å²) in [4.78, 5) is 26.5. The third-order valence-electron chi connectivity index (χ3n) is 2.34. The number of phenols is 1. The number of hydroxylamine groups is 1. The number of hydrogen-bond acceptors (Lipinski definition) is 4. The quantitative estimate of drug-likeness (QED) is 0.833. The largest absolute Gasteiger partial charge is 0.508 e. The van der Waals surface area contributed by atoms with E-state index in [9.17, 15) is 9.59 Å². The van der Waals surface area contributed by atoms with E-state index in [4.69, 9.17) is 5.11 Å². The van der Waals surface area contributed by atoms with Gasteiger partial charge in [-0.1, -0.05) is 43.3 Å². The van der Waals surface area contributed by atoms with Gasteiger partial charge in [0.15, 0.2) is 0 Å². The van der Waals surface area contributed by atoms with Gasteiger partial charge in [-0.3, -0.25) is 4.79 Å². The topological polar surface area (TPSA) is 75.6 Å². The highest BCUT2D eigenvalue weighted by Gasteiger charge is 2.07. The molecule has 0 bridgehead atoms. The Hall–Kier alpha value is -2.82. The van der Waals surface area contributed by atoms with Crippen LogP contribution in [-0.4, -0.2) is 17.0 Å². The van der Waals surface area contributed by atoms with Gasteiger partial charge < -0.3 is 9.94 Å². The van der Waals surface area contributed by atoms with Crippen molar-refractivity contribution in [2.45, 2.75) is 13.3 Å². The van der Waals surface area contributed by atoms with E-state index in [2.05, 4.69) is 4.84 Å². The fourth-order valence-corrected chi connectivity index (χ4v) is 1.24. The average Bonchev–Trinajstić information content (AvgIpc) is 2.54. The zero-order chi connectivity index (χ0) is 15.5. The Labute approximate surface area is 123 Å². The molecule has 5 nitrogen and oxygen atoms in total. The number of hydrogen-bond donors (Lipinski definition) is 2. The smallest absolute Gasteiger partial charge is 0.362 e. The lowest BCUT2D eigenvalue weighted by molar-refractivity contribution is -0.129. The summed E-state index contributed by atoms with van der Waals surface area (Å²) in [6, 6.07) is 17.2. The van der Waals surface area contributed by atoms with Crippen LogP contribution in [0.25, 0.3) is 0 Å². The molecule has 0 aliphatic rings. The first-order chi connectivity index (χ1) is 10.1. The minimum absolute atomic E-state index is 0.280. The van der Waals surface area contributed by atoms with Crippen LogP contribution in [0.4, 0.5) is 0 Å². The molecule has 0 fully saturated rings. The monoisotopic (exact) mass is 287 g/mol. The summed E-state index contributed by atoms with van der Waals surface area (Å²) >= 11 is 0. The van der Waals surface area contributed by atoms with Crippen LogP contribution >= 0.6 is 0 Å². The van der Waals surface area contributed by atoms with E-state index in [1.807, 2.05) is 11.5 Å². The van der Waals surface area contributed by atoms with Gasteiger partial charge in [-0.2, -0.15) is 5.48 Å². The molecule has 2 N–H and O–H groups in total. The molecule has 0 saturated heterocycles. The molecule has 0 aliphatic carbocycles. The third-order valence-corrected chi connectivity index (χ3v) is 2.34. The average molecular weight is 287 g/mol. The van der Waals surface area contributed by atoms with Crippen LogP contribution in [0.2, 0.25) is 0 Å². The summed E-state index contributed by atoms with van der Waals surface area (Å²) in [5.41, 5.74) is 2.45. The van der Waals surface area contributed by atoms with Gasteiger partial charge in [-0.15, -0.1) is 0 Å². The Morgan fingerprint density at radius 1 is 1.00 bits per heavy atom. The van der Waals surface area contributed by atoms with Crippen LogP contribution in [0.3, 0.4) is 0 Å². The SMILES string of the molecule is CCC(=O)NOC(=O)c1ccccc1.Oc1ccccc1. The Balaban J connectivity index is 0.000000262. The highest BCUT2D eigenvalue weighted by Crippen LogP contribution is 2.02. The van der Waals surface area contributed by atoms with E-state index in [-0.39, 0.29) is 12.3 Å². The Morgan fingerprint density at radius 2 is 1.52 bits per heavy atom. The number of benzene rings is 2. The molecule has 2 aromatic carbocycles. The molecule has 0 atom stereocenters. The lowest BCUT2D eigenvalue weighted by atomic mass is 10.2. The number of rotatable bonds is 2. The molecule has 0 unspecified atom stereocenters. The summed E-state index contributed by atoms with van der Waals surface area (Å²) in [6.07, 6.45) is 0.280. The number of nitrogens with one attached hydrogen (secondary N) is 1. The maximum absolute atomic E-state index is 11.2. The summed E-state index contributed by atoms with van der Waals surface area (Å²) in [6.45, 7) is 1.67. The molecular weight excluding hydrogens is 270 g/mol. The van der Waals surface area contributed by atoms with Crippen molar-refractivity contribution in [3.8, 4) is 5.75 Å². The van der Waals surface area contributed by atoms with Crippen molar-refractivity contribution in [2.75, 3.05) is 0 Å². The Morgan fingerprint density at radius 3 is 1.95 bits per heavy atom. The van der Waals surface area contributed by atoms with Gasteiger partial charge in [0.25, 0.3) is 5.91 Å². The molecule has 0 spiro atoms. The zero-order valence-corrected chi connectivity index (χ0v) is 11.7. The molecule has 2 rings (SSSR count). The van der Waals surface area contributed by atoms with Crippen molar-refractivity contribution in [2.24, 2.45) is 0 Å². The summed E-state index contributed by atoms with van der Waals surface area (Å²) in [5.74, 6) is -0.566. The number of amides is 1. The van der Waals surface area contributed by atoms with E-state index in [0.29, 0.717) is 11.3 Å². The highest BCUT2D eigenvalue weighted by molar-refractivity contribution is 5.90.